The predicted octanol–water partition coefficient (Wildman–Crippen LogP) is 7.05. The lowest BCUT2D eigenvalue weighted by atomic mass is 10.0. The van der Waals surface area contributed by atoms with Crippen LogP contribution in [0.2, 0.25) is 0 Å². The van der Waals surface area contributed by atoms with Gasteiger partial charge in [0.2, 0.25) is 11.9 Å². The molecule has 4 amide bonds. The van der Waals surface area contributed by atoms with E-state index < -0.39 is 46.5 Å². The van der Waals surface area contributed by atoms with E-state index in [-0.39, 0.29) is 67.3 Å². The molecule has 1 saturated heterocycles. The number of nitrogens with one attached hydrogen (secondary N) is 3. The SMILES string of the molecule is C[C@H]1CC/C(=C/C(=O)NC2(C(=O)CC(=O)CCc3nc(-c4nc(C(=O)CCCN=C(NC(=O)OC(C)(C)C)NC(=O)OC(C)(C)C)cs4)cs3)CC2)N1C(=O)OC(C)(C)C. The molecule has 0 radical (unpaired) electrons. The second-order valence-corrected chi connectivity index (χ2v) is 19.6. The highest BCUT2D eigenvalue weighted by Crippen LogP contribution is 2.38. The molecular weight excluding hydrogens is 815 g/mol. The zero-order valence-electron chi connectivity index (χ0n) is 36.1. The van der Waals surface area contributed by atoms with Crippen LogP contribution in [0.25, 0.3) is 10.7 Å². The Bertz CT molecular complexity index is 1980. The molecule has 2 aromatic rings. The molecule has 1 aliphatic heterocycles. The maximum Gasteiger partial charge on any atom is 0.414 e. The smallest absolute Gasteiger partial charge is 0.414 e. The Morgan fingerprint density at radius 3 is 2.07 bits per heavy atom. The van der Waals surface area contributed by atoms with E-state index in [1.807, 2.05) is 6.92 Å². The molecule has 2 aromatic heterocycles. The zero-order chi connectivity index (χ0) is 44.6. The molecule has 3 N–H and O–H groups in total. The van der Waals surface area contributed by atoms with Gasteiger partial charge < -0.3 is 19.5 Å². The first kappa shape index (κ1) is 47.6. The number of ketones is 3. The van der Waals surface area contributed by atoms with Gasteiger partial charge in [-0.2, -0.15) is 0 Å². The minimum Gasteiger partial charge on any atom is -0.444 e. The van der Waals surface area contributed by atoms with Gasteiger partial charge in [0.05, 0.1) is 17.0 Å². The molecule has 1 atom stereocenters. The van der Waals surface area contributed by atoms with Crippen LogP contribution in [-0.4, -0.2) is 97.3 Å². The topological polar surface area (TPSA) is 225 Å². The van der Waals surface area contributed by atoms with Crippen molar-refractivity contribution in [3.63, 3.8) is 0 Å². The summed E-state index contributed by atoms with van der Waals surface area (Å²) >= 11 is 2.60. The first-order valence-electron chi connectivity index (χ1n) is 19.9. The second kappa shape index (κ2) is 19.6. The molecule has 60 heavy (non-hydrogen) atoms. The molecule has 1 saturated carbocycles. The van der Waals surface area contributed by atoms with E-state index in [0.717, 1.165) is 0 Å². The van der Waals surface area contributed by atoms with E-state index in [1.54, 1.807) is 73.1 Å². The third-order valence-corrected chi connectivity index (χ3v) is 10.5. The Morgan fingerprint density at radius 1 is 0.867 bits per heavy atom. The Morgan fingerprint density at radius 2 is 1.48 bits per heavy atom. The van der Waals surface area contributed by atoms with Gasteiger partial charge in [-0.25, -0.2) is 24.4 Å². The number of guanidine groups is 1. The van der Waals surface area contributed by atoms with Crippen molar-refractivity contribution in [3.05, 3.63) is 33.2 Å². The van der Waals surface area contributed by atoms with Crippen LogP contribution >= 0.6 is 22.7 Å². The lowest BCUT2D eigenvalue weighted by molar-refractivity contribution is -0.131. The van der Waals surface area contributed by atoms with Gasteiger partial charge >= 0.3 is 18.3 Å². The van der Waals surface area contributed by atoms with Gasteiger partial charge in [-0.3, -0.25) is 39.7 Å². The largest absolute Gasteiger partial charge is 0.444 e. The van der Waals surface area contributed by atoms with Gasteiger partial charge in [-0.1, -0.05) is 0 Å². The molecule has 1 aliphatic carbocycles. The number of rotatable bonds is 14. The van der Waals surface area contributed by atoms with Crippen molar-refractivity contribution in [1.29, 1.82) is 0 Å². The summed E-state index contributed by atoms with van der Waals surface area (Å²) in [5, 5.41) is 12.2. The molecule has 0 unspecified atom stereocenters. The maximum atomic E-state index is 13.2. The number of allylic oxidation sites excluding steroid dienone is 1. The molecule has 2 fully saturated rings. The highest BCUT2D eigenvalue weighted by atomic mass is 32.1. The average Bonchev–Trinajstić information content (AvgIpc) is 3.41. The van der Waals surface area contributed by atoms with Crippen molar-refractivity contribution in [2.75, 3.05) is 6.54 Å². The number of Topliss-reactive ketones (excluding diaryl/α,β-unsaturated/α-hetero) is 3. The molecule has 328 valence electrons. The molecule has 4 rings (SSSR count). The number of hydrogen-bond acceptors (Lipinski definition) is 15. The number of alkyl carbamates (subject to hydrolysis) is 2. The number of nitrogens with zero attached hydrogens (tertiary/aromatic N) is 4. The second-order valence-electron chi connectivity index (χ2n) is 17.8. The Balaban J connectivity index is 1.24. The van der Waals surface area contributed by atoms with Crippen LogP contribution in [0.3, 0.4) is 0 Å². The van der Waals surface area contributed by atoms with Gasteiger partial charge in [0.25, 0.3) is 0 Å². The summed E-state index contributed by atoms with van der Waals surface area (Å²) in [7, 11) is 0. The van der Waals surface area contributed by atoms with E-state index in [4.69, 9.17) is 14.2 Å². The van der Waals surface area contributed by atoms with Gasteiger partial charge in [0, 0.05) is 54.4 Å². The van der Waals surface area contributed by atoms with Crippen LogP contribution in [0.4, 0.5) is 14.4 Å². The number of carbonyl (C=O) groups is 7. The first-order chi connectivity index (χ1) is 27.8. The summed E-state index contributed by atoms with van der Waals surface area (Å²) in [4.78, 5) is 104. The van der Waals surface area contributed by atoms with Crippen LogP contribution in [-0.2, 0) is 35.0 Å². The van der Waals surface area contributed by atoms with Crippen molar-refractivity contribution in [3.8, 4) is 10.7 Å². The molecule has 3 heterocycles. The van der Waals surface area contributed by atoms with E-state index in [9.17, 15) is 33.6 Å². The fraction of sp³-hybridized carbons (Fsp3) is 0.610. The maximum absolute atomic E-state index is 13.2. The summed E-state index contributed by atoms with van der Waals surface area (Å²) in [6, 6.07) is -0.134. The highest BCUT2D eigenvalue weighted by Gasteiger charge is 2.50. The van der Waals surface area contributed by atoms with Crippen LogP contribution < -0.4 is 16.0 Å². The number of likely N-dealkylation sites (tertiary alicyclic amines) is 1. The van der Waals surface area contributed by atoms with E-state index >= 15 is 0 Å². The molecule has 0 bridgehead atoms. The number of hydrogen-bond donors (Lipinski definition) is 3. The molecule has 0 spiro atoms. The van der Waals surface area contributed by atoms with Crippen molar-refractivity contribution < 1.29 is 47.8 Å². The summed E-state index contributed by atoms with van der Waals surface area (Å²) in [5.41, 5.74) is -2.00. The van der Waals surface area contributed by atoms with E-state index in [2.05, 4.69) is 30.9 Å². The zero-order valence-corrected chi connectivity index (χ0v) is 37.7. The van der Waals surface area contributed by atoms with Gasteiger partial charge in [-0.15, -0.1) is 22.7 Å². The summed E-state index contributed by atoms with van der Waals surface area (Å²) < 4.78 is 16.0. The number of ether oxygens (including phenoxy) is 3. The lowest BCUT2D eigenvalue weighted by Gasteiger charge is -2.28. The predicted molar refractivity (Wildman–Crippen MR) is 226 cm³/mol. The van der Waals surface area contributed by atoms with Crippen molar-refractivity contribution in [2.45, 2.75) is 155 Å². The third kappa shape index (κ3) is 15.2. The van der Waals surface area contributed by atoms with Crippen LogP contribution in [0.15, 0.2) is 27.5 Å². The van der Waals surface area contributed by atoms with Gasteiger partial charge in [-0.05, 0) is 101 Å². The van der Waals surface area contributed by atoms with Crippen molar-refractivity contribution in [1.82, 2.24) is 30.8 Å². The Kier molecular flexibility index (Phi) is 15.5. The lowest BCUT2D eigenvalue weighted by Crippen LogP contribution is -2.47. The number of thiazole rings is 2. The monoisotopic (exact) mass is 871 g/mol. The molecule has 17 nitrogen and oxygen atoms in total. The minimum atomic E-state index is -1.09. The molecule has 0 aromatic carbocycles. The summed E-state index contributed by atoms with van der Waals surface area (Å²) in [5.74, 6) is -1.50. The number of amides is 4. The third-order valence-electron chi connectivity index (χ3n) is 8.71. The summed E-state index contributed by atoms with van der Waals surface area (Å²) in [6.07, 6.45) is 1.71. The minimum absolute atomic E-state index is 0.0852. The molecular formula is C41H57N7O10S2. The number of carbonyl (C=O) groups excluding carboxylic acids is 7. The standard InChI is InChI=1S/C41H57N7O10S2/c1-24-13-14-25(48(24)37(55)58-40(8,9)10)20-31(52)47-41(17-18-41)30(51)21-26(49)15-16-32-43-28(23-59-32)33-44-27(22-60-33)29(50)12-11-19-42-34(45-35(53)56-38(2,3)4)46-36(54)57-39(5,6)7/h20,22-24H,11-19,21H2,1-10H3,(H,47,52)(H2,42,45,46,53,54)/b25-20-/t24-/m0/s1. The first-order valence-corrected chi connectivity index (χ1v) is 21.7. The molecule has 2 aliphatic rings. The number of aliphatic imine (C=N–C) groups is 1. The number of aromatic nitrogens is 2. The summed E-state index contributed by atoms with van der Waals surface area (Å²) in [6.45, 7) is 17.5. The normalized spacial score (nSPS) is 16.7. The van der Waals surface area contributed by atoms with Gasteiger partial charge in [0.1, 0.15) is 39.0 Å². The van der Waals surface area contributed by atoms with E-state index in [0.29, 0.717) is 53.5 Å². The highest BCUT2D eigenvalue weighted by molar-refractivity contribution is 7.14. The number of aryl methyl sites for hydroxylation is 1. The average molecular weight is 872 g/mol. The Labute approximate surface area is 358 Å². The van der Waals surface area contributed by atoms with Crippen LogP contribution in [0, 0.1) is 0 Å². The van der Waals surface area contributed by atoms with Gasteiger partial charge in [0.15, 0.2) is 11.6 Å². The quantitative estimate of drug-likeness (QED) is 0.0330. The fourth-order valence-electron chi connectivity index (χ4n) is 5.86. The van der Waals surface area contributed by atoms with Crippen molar-refractivity contribution in [2.24, 2.45) is 4.99 Å². The molecule has 19 heteroatoms. The fourth-order valence-corrected chi connectivity index (χ4v) is 7.50. The van der Waals surface area contributed by atoms with Crippen LogP contribution in [0.1, 0.15) is 136 Å². The Hall–Kier alpha value is -5.04. The van der Waals surface area contributed by atoms with Crippen molar-refractivity contribution >= 4 is 70.2 Å². The van der Waals surface area contributed by atoms with E-state index in [1.165, 1.54) is 33.6 Å². The van der Waals surface area contributed by atoms with Crippen LogP contribution in [0.5, 0.6) is 0 Å².